The number of carbonyl (C=O) groups is 1. The molecule has 0 unspecified atom stereocenters. The van der Waals surface area contributed by atoms with Gasteiger partial charge in [-0.15, -0.1) is 5.53 Å². The summed E-state index contributed by atoms with van der Waals surface area (Å²) in [6.07, 6.45) is 3.43. The predicted molar refractivity (Wildman–Crippen MR) is 75.7 cm³/mol. The number of rotatable bonds is 3. The summed E-state index contributed by atoms with van der Waals surface area (Å²) in [5.74, 6) is 0.0319. The maximum atomic E-state index is 11.7. The molecule has 0 aromatic heterocycles. The van der Waals surface area contributed by atoms with Crippen molar-refractivity contribution in [3.05, 3.63) is 88.3 Å². The van der Waals surface area contributed by atoms with E-state index in [2.05, 4.69) is 0 Å². The van der Waals surface area contributed by atoms with Crippen molar-refractivity contribution in [1.82, 2.24) is 0 Å². The summed E-state index contributed by atoms with van der Waals surface area (Å²) in [6, 6.07) is 19.1. The molecule has 2 aromatic carbocycles. The molecule has 0 fully saturated rings. The number of ketones is 1. The molecule has 0 amide bonds. The number of benzene rings is 2. The van der Waals surface area contributed by atoms with E-state index in [0.29, 0.717) is 0 Å². The Bertz CT molecular complexity index is 571. The van der Waals surface area contributed by atoms with Gasteiger partial charge in [0.2, 0.25) is 0 Å². The molecule has 2 rings (SSSR count). The molecular weight excluding hydrogens is 238 g/mol. The molecule has 0 aliphatic rings. The molecule has 4 heteroatoms. The topological polar surface area (TPSA) is 77.3 Å². The molecule has 0 spiro atoms. The third kappa shape index (κ3) is 5.35. The van der Waals surface area contributed by atoms with Gasteiger partial charge in [-0.1, -0.05) is 66.7 Å². The second kappa shape index (κ2) is 8.28. The molecule has 0 aliphatic carbocycles. The first-order valence-electron chi connectivity index (χ1n) is 5.61. The Kier molecular flexibility index (Phi) is 6.20. The fraction of sp³-hybridized carbons (Fsp3) is 0. The van der Waals surface area contributed by atoms with Crippen LogP contribution in [0.2, 0.25) is 0 Å². The molecular formula is C15H13N3O. The second-order valence-electron chi connectivity index (χ2n) is 3.57. The number of carbonyl (C=O) groups excluding carboxylic acids is 1. The average Bonchev–Trinajstić information content (AvgIpc) is 2.47. The van der Waals surface area contributed by atoms with Gasteiger partial charge in [0.15, 0.2) is 5.78 Å². The van der Waals surface area contributed by atoms with E-state index in [4.69, 9.17) is 11.1 Å². The fourth-order valence-electron chi connectivity index (χ4n) is 1.43. The Balaban J connectivity index is 0.000000550. The first-order chi connectivity index (χ1) is 9.27. The number of nitrogens with one attached hydrogen (secondary N) is 1. The standard InChI is InChI=1S/C15H12O.HN3/c16-15(14-9-5-2-6-10-14)12-11-13-7-3-1-4-8-13;1-3-2/h1-12H;1H. The number of hydrogen-bond donors (Lipinski definition) is 1. The van der Waals surface area contributed by atoms with Crippen LogP contribution >= 0.6 is 0 Å². The maximum Gasteiger partial charge on any atom is 0.185 e. The quantitative estimate of drug-likeness (QED) is 0.282. The lowest BCUT2D eigenvalue weighted by Gasteiger charge is -1.94. The van der Waals surface area contributed by atoms with Crippen molar-refractivity contribution in [3.8, 4) is 0 Å². The van der Waals surface area contributed by atoms with E-state index in [-0.39, 0.29) is 5.78 Å². The molecule has 0 saturated heterocycles. The highest BCUT2D eigenvalue weighted by molar-refractivity contribution is 6.06. The molecule has 0 heterocycles. The molecule has 0 bridgehead atoms. The molecule has 0 aliphatic heterocycles. The Morgan fingerprint density at radius 3 is 2.00 bits per heavy atom. The minimum atomic E-state index is 0.0319. The van der Waals surface area contributed by atoms with Gasteiger partial charge in [0.1, 0.15) is 0 Å². The zero-order valence-electron chi connectivity index (χ0n) is 10.2. The van der Waals surface area contributed by atoms with Gasteiger partial charge in [-0.3, -0.25) is 4.79 Å². The van der Waals surface area contributed by atoms with Crippen molar-refractivity contribution in [1.29, 1.82) is 5.53 Å². The number of hydrogen-bond acceptors (Lipinski definition) is 2. The zero-order valence-corrected chi connectivity index (χ0v) is 10.2. The summed E-state index contributed by atoms with van der Waals surface area (Å²) in [7, 11) is 0. The molecule has 94 valence electrons. The summed E-state index contributed by atoms with van der Waals surface area (Å²) < 4.78 is 0. The van der Waals surface area contributed by atoms with Gasteiger partial charge in [0, 0.05) is 5.56 Å². The van der Waals surface area contributed by atoms with Gasteiger partial charge in [0.25, 0.3) is 0 Å². The molecule has 0 saturated carbocycles. The number of allylic oxidation sites excluding steroid dienone is 1. The van der Waals surface area contributed by atoms with Crippen molar-refractivity contribution in [2.24, 2.45) is 0 Å². The van der Waals surface area contributed by atoms with E-state index < -0.39 is 0 Å². The van der Waals surface area contributed by atoms with E-state index in [1.165, 1.54) is 0 Å². The molecule has 0 radical (unpaired) electrons. The smallest absolute Gasteiger partial charge is 0.185 e. The van der Waals surface area contributed by atoms with Crippen LogP contribution in [0.25, 0.3) is 16.5 Å². The predicted octanol–water partition coefficient (Wildman–Crippen LogP) is 4.46. The summed E-state index contributed by atoms with van der Waals surface area (Å²) in [4.78, 5) is 13.5. The summed E-state index contributed by atoms with van der Waals surface area (Å²) >= 11 is 0. The van der Waals surface area contributed by atoms with Crippen LogP contribution in [0.1, 0.15) is 15.9 Å². The van der Waals surface area contributed by atoms with Crippen LogP contribution in [0.3, 0.4) is 0 Å². The van der Waals surface area contributed by atoms with Gasteiger partial charge >= 0.3 is 0 Å². The zero-order chi connectivity index (χ0) is 13.9. The van der Waals surface area contributed by atoms with E-state index in [1.807, 2.05) is 66.7 Å². The Morgan fingerprint density at radius 2 is 1.47 bits per heavy atom. The molecule has 0 atom stereocenters. The van der Waals surface area contributed by atoms with E-state index >= 15 is 0 Å². The lowest BCUT2D eigenvalue weighted by Crippen LogP contribution is -1.92. The van der Waals surface area contributed by atoms with Crippen LogP contribution < -0.4 is 0 Å². The minimum absolute atomic E-state index is 0.0319. The Hall–Kier alpha value is -2.84. The average molecular weight is 251 g/mol. The van der Waals surface area contributed by atoms with Crippen molar-refractivity contribution in [3.63, 3.8) is 0 Å². The highest BCUT2D eigenvalue weighted by atomic mass is 16.1. The highest BCUT2D eigenvalue weighted by Crippen LogP contribution is 2.05. The lowest BCUT2D eigenvalue weighted by molar-refractivity contribution is 0.104. The normalized spacial score (nSPS) is 9.26. The SMILES string of the molecule is O=C(C=Cc1ccccc1)c1ccccc1.[N-]=[N+]=N. The maximum absolute atomic E-state index is 11.7. The molecule has 2 aromatic rings. The van der Waals surface area contributed by atoms with E-state index in [1.54, 1.807) is 11.0 Å². The fourth-order valence-corrected chi connectivity index (χ4v) is 1.43. The molecule has 1 N–H and O–H groups in total. The van der Waals surface area contributed by atoms with Crippen LogP contribution in [-0.2, 0) is 0 Å². The van der Waals surface area contributed by atoms with E-state index in [9.17, 15) is 4.79 Å². The van der Waals surface area contributed by atoms with Gasteiger partial charge in [-0.05, 0) is 22.1 Å². The minimum Gasteiger partial charge on any atom is -0.289 e. The van der Waals surface area contributed by atoms with E-state index in [0.717, 1.165) is 11.1 Å². The Labute approximate surface area is 111 Å². The molecule has 4 nitrogen and oxygen atoms in total. The lowest BCUT2D eigenvalue weighted by atomic mass is 10.1. The van der Waals surface area contributed by atoms with Crippen molar-refractivity contribution >= 4 is 11.9 Å². The van der Waals surface area contributed by atoms with Crippen LogP contribution in [-0.4, -0.2) is 5.78 Å². The summed E-state index contributed by atoms with van der Waals surface area (Å²) in [5.41, 5.74) is 14.0. The third-order valence-corrected chi connectivity index (χ3v) is 2.29. The third-order valence-electron chi connectivity index (χ3n) is 2.29. The van der Waals surface area contributed by atoms with Crippen LogP contribution in [0.4, 0.5) is 0 Å². The summed E-state index contributed by atoms with van der Waals surface area (Å²) in [6.45, 7) is 0. The van der Waals surface area contributed by atoms with Crippen LogP contribution in [0.5, 0.6) is 0 Å². The number of nitrogens with zero attached hydrogens (tertiary/aromatic N) is 2. The van der Waals surface area contributed by atoms with Crippen LogP contribution in [0, 0.1) is 5.53 Å². The van der Waals surface area contributed by atoms with Crippen molar-refractivity contribution in [2.45, 2.75) is 0 Å². The van der Waals surface area contributed by atoms with Gasteiger partial charge < -0.3 is 0 Å². The monoisotopic (exact) mass is 251 g/mol. The second-order valence-corrected chi connectivity index (χ2v) is 3.57. The van der Waals surface area contributed by atoms with Gasteiger partial charge in [0.05, 0.1) is 0 Å². The van der Waals surface area contributed by atoms with Crippen molar-refractivity contribution < 1.29 is 4.79 Å². The first kappa shape index (κ1) is 14.2. The molecule has 19 heavy (non-hydrogen) atoms. The largest absolute Gasteiger partial charge is 0.289 e. The highest BCUT2D eigenvalue weighted by Gasteiger charge is 1.98. The Morgan fingerprint density at radius 1 is 1.00 bits per heavy atom. The summed E-state index contributed by atoms with van der Waals surface area (Å²) in [5, 5.41) is 0. The van der Waals surface area contributed by atoms with Gasteiger partial charge in [-0.25, -0.2) is 0 Å². The first-order valence-corrected chi connectivity index (χ1v) is 5.61. The van der Waals surface area contributed by atoms with Crippen molar-refractivity contribution in [2.75, 3.05) is 0 Å². The van der Waals surface area contributed by atoms with Crippen LogP contribution in [0.15, 0.2) is 66.7 Å². The van der Waals surface area contributed by atoms with Gasteiger partial charge in [-0.2, -0.15) is 0 Å².